The Labute approximate surface area is 158 Å². The fourth-order valence-electron chi connectivity index (χ4n) is 3.78. The summed E-state index contributed by atoms with van der Waals surface area (Å²) in [7, 11) is 0. The van der Waals surface area contributed by atoms with Crippen LogP contribution in [0.4, 0.5) is 0 Å². The first-order valence-electron chi connectivity index (χ1n) is 9.26. The molecule has 4 heteroatoms. The summed E-state index contributed by atoms with van der Waals surface area (Å²) in [6, 6.07) is 16.5. The van der Waals surface area contributed by atoms with E-state index < -0.39 is 0 Å². The van der Waals surface area contributed by atoms with Crippen molar-refractivity contribution >= 4 is 17.2 Å². The summed E-state index contributed by atoms with van der Waals surface area (Å²) in [6.45, 7) is 2.99. The van der Waals surface area contributed by atoms with Crippen LogP contribution >= 0.6 is 11.3 Å². The molecule has 1 unspecified atom stereocenters. The van der Waals surface area contributed by atoms with Crippen LogP contribution in [0.25, 0.3) is 11.3 Å². The van der Waals surface area contributed by atoms with Crippen molar-refractivity contribution in [3.8, 4) is 11.3 Å². The molecule has 0 saturated heterocycles. The maximum atomic E-state index is 12.8. The van der Waals surface area contributed by atoms with Crippen LogP contribution in [-0.4, -0.2) is 17.4 Å². The SMILES string of the molecule is CCC1c2ccsc2CCN1C(=O)CCc1ccc(-c2ccccc2)o1. The molecule has 0 aliphatic carbocycles. The van der Waals surface area contributed by atoms with Gasteiger partial charge in [0.1, 0.15) is 11.5 Å². The Hall–Kier alpha value is -2.33. The van der Waals surface area contributed by atoms with Crippen molar-refractivity contribution in [1.82, 2.24) is 4.90 Å². The summed E-state index contributed by atoms with van der Waals surface area (Å²) in [6.07, 6.45) is 3.09. The zero-order valence-electron chi connectivity index (χ0n) is 15.0. The number of thiophene rings is 1. The van der Waals surface area contributed by atoms with Gasteiger partial charge in [-0.1, -0.05) is 37.3 Å². The highest BCUT2D eigenvalue weighted by atomic mass is 32.1. The van der Waals surface area contributed by atoms with Crippen LogP contribution in [0.3, 0.4) is 0 Å². The third kappa shape index (κ3) is 3.34. The Kier molecular flexibility index (Phi) is 4.93. The Balaban J connectivity index is 1.41. The highest BCUT2D eigenvalue weighted by Crippen LogP contribution is 2.35. The molecule has 1 aliphatic heterocycles. The first-order chi connectivity index (χ1) is 12.8. The highest BCUT2D eigenvalue weighted by Gasteiger charge is 2.30. The molecule has 0 bridgehead atoms. The minimum absolute atomic E-state index is 0.228. The number of rotatable bonds is 5. The second kappa shape index (κ2) is 7.50. The third-order valence-electron chi connectivity index (χ3n) is 5.11. The van der Waals surface area contributed by atoms with Crippen molar-refractivity contribution in [2.45, 2.75) is 38.6 Å². The molecule has 134 valence electrons. The number of hydrogen-bond donors (Lipinski definition) is 0. The van der Waals surface area contributed by atoms with Gasteiger partial charge in [-0.25, -0.2) is 0 Å². The van der Waals surface area contributed by atoms with Gasteiger partial charge in [0.2, 0.25) is 5.91 Å². The van der Waals surface area contributed by atoms with Crippen molar-refractivity contribution in [2.24, 2.45) is 0 Å². The molecule has 0 fully saturated rings. The normalized spacial score (nSPS) is 16.5. The number of fused-ring (bicyclic) bond motifs is 1. The van der Waals surface area contributed by atoms with E-state index in [0.29, 0.717) is 12.8 Å². The largest absolute Gasteiger partial charge is 0.461 e. The second-order valence-corrected chi connectivity index (χ2v) is 7.69. The predicted molar refractivity (Wildman–Crippen MR) is 105 cm³/mol. The van der Waals surface area contributed by atoms with Crippen molar-refractivity contribution in [3.63, 3.8) is 0 Å². The van der Waals surface area contributed by atoms with Gasteiger partial charge in [0.15, 0.2) is 0 Å². The van der Waals surface area contributed by atoms with Crippen LogP contribution in [0.2, 0.25) is 0 Å². The molecule has 26 heavy (non-hydrogen) atoms. The molecule has 1 atom stereocenters. The standard InChI is InChI=1S/C22H23NO2S/c1-2-19-18-13-15-26-21(18)12-14-23(19)22(24)11-9-17-8-10-20(25-17)16-6-4-3-5-7-16/h3-8,10,13,15,19H,2,9,11-12,14H2,1H3. The fraction of sp³-hybridized carbons (Fsp3) is 0.318. The topological polar surface area (TPSA) is 33.5 Å². The van der Waals surface area contributed by atoms with Crippen LogP contribution in [0.15, 0.2) is 58.3 Å². The summed E-state index contributed by atoms with van der Waals surface area (Å²) < 4.78 is 5.94. The predicted octanol–water partition coefficient (Wildman–Crippen LogP) is 5.48. The number of benzene rings is 1. The molecule has 2 aromatic heterocycles. The van der Waals surface area contributed by atoms with Gasteiger partial charge in [0.25, 0.3) is 0 Å². The lowest BCUT2D eigenvalue weighted by Crippen LogP contribution is -2.39. The Bertz CT molecular complexity index is 880. The van der Waals surface area contributed by atoms with Gasteiger partial charge in [-0.05, 0) is 42.0 Å². The second-order valence-electron chi connectivity index (χ2n) is 6.69. The quantitative estimate of drug-likeness (QED) is 0.600. The molecule has 0 saturated carbocycles. The van der Waals surface area contributed by atoms with E-state index >= 15 is 0 Å². The molecule has 3 nitrogen and oxygen atoms in total. The molecule has 0 spiro atoms. The fourth-order valence-corrected chi connectivity index (χ4v) is 4.71. The van der Waals surface area contributed by atoms with Gasteiger partial charge in [-0.3, -0.25) is 4.79 Å². The van der Waals surface area contributed by atoms with Gasteiger partial charge in [0, 0.05) is 29.8 Å². The molecule has 1 amide bonds. The van der Waals surface area contributed by atoms with E-state index in [2.05, 4.69) is 23.3 Å². The van der Waals surface area contributed by atoms with Gasteiger partial charge >= 0.3 is 0 Å². The first-order valence-corrected chi connectivity index (χ1v) is 10.1. The maximum Gasteiger partial charge on any atom is 0.223 e. The van der Waals surface area contributed by atoms with Crippen LogP contribution in [0.5, 0.6) is 0 Å². The third-order valence-corrected chi connectivity index (χ3v) is 6.10. The molecule has 1 aliphatic rings. The van der Waals surface area contributed by atoms with Gasteiger partial charge in [0.05, 0.1) is 6.04 Å². The number of carbonyl (C=O) groups is 1. The van der Waals surface area contributed by atoms with Gasteiger partial charge < -0.3 is 9.32 Å². The van der Waals surface area contributed by atoms with Crippen molar-refractivity contribution in [3.05, 3.63) is 70.1 Å². The minimum Gasteiger partial charge on any atom is -0.461 e. The number of furan rings is 1. The van der Waals surface area contributed by atoms with E-state index in [1.807, 2.05) is 53.8 Å². The average molecular weight is 365 g/mol. The van der Waals surface area contributed by atoms with E-state index in [9.17, 15) is 4.79 Å². The molecule has 4 rings (SSSR count). The lowest BCUT2D eigenvalue weighted by atomic mass is 9.97. The molecular weight excluding hydrogens is 342 g/mol. The minimum atomic E-state index is 0.228. The molecular formula is C22H23NO2S. The summed E-state index contributed by atoms with van der Waals surface area (Å²) in [5.74, 6) is 1.96. The van der Waals surface area contributed by atoms with Crippen LogP contribution in [0, 0.1) is 0 Å². The lowest BCUT2D eigenvalue weighted by molar-refractivity contribution is -0.134. The smallest absolute Gasteiger partial charge is 0.223 e. The van der Waals surface area contributed by atoms with E-state index in [1.165, 1.54) is 10.4 Å². The van der Waals surface area contributed by atoms with Gasteiger partial charge in [-0.2, -0.15) is 0 Å². The van der Waals surface area contributed by atoms with E-state index in [0.717, 1.165) is 36.5 Å². The monoisotopic (exact) mass is 365 g/mol. The molecule has 0 N–H and O–H groups in total. The average Bonchev–Trinajstić information content (AvgIpc) is 3.35. The summed E-state index contributed by atoms with van der Waals surface area (Å²) in [4.78, 5) is 16.3. The Morgan fingerprint density at radius 1 is 1.19 bits per heavy atom. The lowest BCUT2D eigenvalue weighted by Gasteiger charge is -2.35. The Morgan fingerprint density at radius 3 is 2.85 bits per heavy atom. The number of hydrogen-bond acceptors (Lipinski definition) is 3. The van der Waals surface area contributed by atoms with Crippen LogP contribution in [0.1, 0.15) is 42.0 Å². The number of amides is 1. The van der Waals surface area contributed by atoms with E-state index in [-0.39, 0.29) is 11.9 Å². The van der Waals surface area contributed by atoms with Crippen molar-refractivity contribution in [1.29, 1.82) is 0 Å². The van der Waals surface area contributed by atoms with Crippen molar-refractivity contribution in [2.75, 3.05) is 6.54 Å². The van der Waals surface area contributed by atoms with Crippen LogP contribution in [-0.2, 0) is 17.6 Å². The molecule has 3 aromatic rings. The highest BCUT2D eigenvalue weighted by molar-refractivity contribution is 7.10. The zero-order chi connectivity index (χ0) is 17.9. The molecule has 0 radical (unpaired) electrons. The summed E-state index contributed by atoms with van der Waals surface area (Å²) in [5, 5.41) is 2.15. The summed E-state index contributed by atoms with van der Waals surface area (Å²) >= 11 is 1.82. The zero-order valence-corrected chi connectivity index (χ0v) is 15.8. The van der Waals surface area contributed by atoms with Crippen molar-refractivity contribution < 1.29 is 9.21 Å². The van der Waals surface area contributed by atoms with Crippen LogP contribution < -0.4 is 0 Å². The number of aryl methyl sites for hydroxylation is 1. The van der Waals surface area contributed by atoms with E-state index in [1.54, 1.807) is 0 Å². The molecule has 3 heterocycles. The Morgan fingerprint density at radius 2 is 2.04 bits per heavy atom. The van der Waals surface area contributed by atoms with Gasteiger partial charge in [-0.15, -0.1) is 11.3 Å². The number of nitrogens with zero attached hydrogens (tertiary/aromatic N) is 1. The summed E-state index contributed by atoms with van der Waals surface area (Å²) in [5.41, 5.74) is 2.42. The van der Waals surface area contributed by atoms with E-state index in [4.69, 9.17) is 4.42 Å². The number of carbonyl (C=O) groups excluding carboxylic acids is 1. The molecule has 1 aromatic carbocycles. The first kappa shape index (κ1) is 17.1. The maximum absolute atomic E-state index is 12.8.